The number of hydrogen-bond donors (Lipinski definition) is 3. The molecular formula is C17H20N6O2S. The van der Waals surface area contributed by atoms with Crippen molar-refractivity contribution in [3.63, 3.8) is 0 Å². The highest BCUT2D eigenvalue weighted by Crippen LogP contribution is 2.38. The van der Waals surface area contributed by atoms with Gasteiger partial charge in [-0.25, -0.2) is 9.97 Å². The van der Waals surface area contributed by atoms with Gasteiger partial charge in [-0.1, -0.05) is 23.9 Å². The molecule has 136 valence electrons. The average Bonchev–Trinajstić information content (AvgIpc) is 2.54. The summed E-state index contributed by atoms with van der Waals surface area (Å²) in [5, 5.41) is 2.61. The molecule has 1 aromatic heterocycles. The summed E-state index contributed by atoms with van der Waals surface area (Å²) in [4.78, 5) is 35.4. The number of nitrogens with two attached hydrogens (primary N) is 2. The van der Waals surface area contributed by atoms with E-state index >= 15 is 0 Å². The lowest BCUT2D eigenvalue weighted by Gasteiger charge is -2.43. The maximum Gasteiger partial charge on any atom is 0.250 e. The van der Waals surface area contributed by atoms with Crippen LogP contribution in [0.15, 0.2) is 35.5 Å². The third-order valence-corrected chi connectivity index (χ3v) is 5.05. The number of thioether (sulfide) groups is 1. The van der Waals surface area contributed by atoms with Crippen LogP contribution in [0.2, 0.25) is 0 Å². The Balaban J connectivity index is 1.93. The summed E-state index contributed by atoms with van der Waals surface area (Å²) < 4.78 is 0. The third-order valence-electron chi connectivity index (χ3n) is 4.10. The van der Waals surface area contributed by atoms with Crippen molar-refractivity contribution in [3.8, 4) is 0 Å². The second kappa shape index (κ2) is 6.49. The van der Waals surface area contributed by atoms with Crippen LogP contribution in [-0.4, -0.2) is 32.6 Å². The fourth-order valence-corrected chi connectivity index (χ4v) is 3.59. The number of amides is 2. The van der Waals surface area contributed by atoms with Gasteiger partial charge >= 0.3 is 0 Å². The van der Waals surface area contributed by atoms with Gasteiger partial charge in [0.05, 0.1) is 16.6 Å². The second-order valence-electron chi connectivity index (χ2n) is 6.46. The number of nitrogens with zero attached hydrogens (tertiary/aromatic N) is 3. The molecule has 0 spiro atoms. The van der Waals surface area contributed by atoms with E-state index in [9.17, 15) is 9.59 Å². The van der Waals surface area contributed by atoms with Crippen LogP contribution in [0.3, 0.4) is 0 Å². The highest BCUT2D eigenvalue weighted by molar-refractivity contribution is 8.00. The lowest BCUT2D eigenvalue weighted by Crippen LogP contribution is -2.60. The Morgan fingerprint density at radius 3 is 2.50 bits per heavy atom. The number of nitrogen functional groups attached to an aromatic ring is 2. The number of para-hydroxylation sites is 2. The summed E-state index contributed by atoms with van der Waals surface area (Å²) in [6.45, 7) is 5.16. The monoisotopic (exact) mass is 372 g/mol. The summed E-state index contributed by atoms with van der Waals surface area (Å²) >= 11 is 1.15. The minimum Gasteiger partial charge on any atom is -0.383 e. The van der Waals surface area contributed by atoms with Crippen molar-refractivity contribution in [2.75, 3.05) is 21.7 Å². The Kier molecular flexibility index (Phi) is 4.49. The third kappa shape index (κ3) is 3.17. The molecule has 2 aromatic rings. The van der Waals surface area contributed by atoms with Crippen molar-refractivity contribution >= 4 is 46.6 Å². The predicted molar refractivity (Wildman–Crippen MR) is 103 cm³/mol. The molecular weight excluding hydrogens is 352 g/mol. The topological polar surface area (TPSA) is 127 Å². The van der Waals surface area contributed by atoms with E-state index in [4.69, 9.17) is 11.5 Å². The van der Waals surface area contributed by atoms with Crippen LogP contribution in [-0.2, 0) is 9.59 Å². The molecule has 0 bridgehead atoms. The number of anilines is 4. The van der Waals surface area contributed by atoms with E-state index in [2.05, 4.69) is 15.3 Å². The molecule has 5 N–H and O–H groups in total. The Bertz CT molecular complexity index is 865. The van der Waals surface area contributed by atoms with Gasteiger partial charge in [-0.15, -0.1) is 0 Å². The van der Waals surface area contributed by atoms with Gasteiger partial charge in [-0.05, 0) is 32.9 Å². The zero-order valence-corrected chi connectivity index (χ0v) is 15.5. The van der Waals surface area contributed by atoms with Crippen molar-refractivity contribution in [3.05, 3.63) is 30.3 Å². The molecule has 0 aliphatic carbocycles. The highest BCUT2D eigenvalue weighted by atomic mass is 32.2. The lowest BCUT2D eigenvalue weighted by molar-refractivity contribution is -0.126. The minimum atomic E-state index is -1.03. The molecule has 8 nitrogen and oxygen atoms in total. The maximum absolute atomic E-state index is 13.2. The Hall–Kier alpha value is -2.81. The van der Waals surface area contributed by atoms with Crippen LogP contribution in [0.1, 0.15) is 20.8 Å². The van der Waals surface area contributed by atoms with Gasteiger partial charge in [0.25, 0.3) is 0 Å². The molecule has 26 heavy (non-hydrogen) atoms. The van der Waals surface area contributed by atoms with Crippen LogP contribution >= 0.6 is 11.8 Å². The Morgan fingerprint density at radius 2 is 1.85 bits per heavy atom. The average molecular weight is 372 g/mol. The molecule has 0 saturated heterocycles. The fraction of sp³-hybridized carbons (Fsp3) is 0.294. The molecule has 0 radical (unpaired) electrons. The number of rotatable bonds is 3. The van der Waals surface area contributed by atoms with E-state index in [1.165, 1.54) is 11.0 Å². The molecule has 1 aliphatic heterocycles. The van der Waals surface area contributed by atoms with Gasteiger partial charge in [0, 0.05) is 6.07 Å². The van der Waals surface area contributed by atoms with Crippen molar-refractivity contribution < 1.29 is 9.59 Å². The highest BCUT2D eigenvalue weighted by Gasteiger charge is 2.44. The van der Waals surface area contributed by atoms with Crippen LogP contribution in [0.4, 0.5) is 23.0 Å². The van der Waals surface area contributed by atoms with E-state index in [0.29, 0.717) is 16.5 Å². The van der Waals surface area contributed by atoms with Crippen LogP contribution < -0.4 is 21.7 Å². The van der Waals surface area contributed by atoms with Gasteiger partial charge in [-0.3, -0.25) is 14.5 Å². The smallest absolute Gasteiger partial charge is 0.250 e. The number of aromatic nitrogens is 2. The predicted octanol–water partition coefficient (Wildman–Crippen LogP) is 1.89. The normalized spacial score (nSPS) is 16.6. The summed E-state index contributed by atoms with van der Waals surface area (Å²) in [6, 6.07) is 8.65. The van der Waals surface area contributed by atoms with Gasteiger partial charge in [0.15, 0.2) is 5.16 Å². The van der Waals surface area contributed by atoms with Crippen molar-refractivity contribution in [1.29, 1.82) is 0 Å². The van der Waals surface area contributed by atoms with Crippen molar-refractivity contribution in [2.45, 2.75) is 36.7 Å². The summed E-state index contributed by atoms with van der Waals surface area (Å²) in [7, 11) is 0. The number of benzene rings is 1. The number of nitrogens with one attached hydrogen (secondary N) is 1. The molecule has 0 saturated carbocycles. The number of hydrogen-bond acceptors (Lipinski definition) is 7. The molecule has 1 aromatic carbocycles. The fourth-order valence-electron chi connectivity index (χ4n) is 2.75. The molecule has 1 atom stereocenters. The van der Waals surface area contributed by atoms with E-state index in [-0.39, 0.29) is 23.5 Å². The molecule has 9 heteroatoms. The first kappa shape index (κ1) is 18.0. The summed E-state index contributed by atoms with van der Waals surface area (Å²) in [5.41, 5.74) is 11.6. The molecule has 2 amide bonds. The largest absolute Gasteiger partial charge is 0.383 e. The molecule has 0 fully saturated rings. The van der Waals surface area contributed by atoms with Crippen LogP contribution in [0.25, 0.3) is 0 Å². The standard InChI is InChI=1S/C17H20N6O2S/c1-9(26-16-21-12(18)8-13(19)22-16)14(24)23-11-7-5-4-6-10(11)20-15(25)17(23,2)3/h4-9H,1-3H3,(H,20,25)(H4,18,19,21,22)/t9-/m0/s1. The SMILES string of the molecule is C[C@H](Sc1nc(N)cc(N)n1)C(=O)N1c2ccccc2NC(=O)C1(C)C. The molecule has 0 unspecified atom stereocenters. The van der Waals surface area contributed by atoms with Gasteiger partial charge < -0.3 is 16.8 Å². The number of carbonyl (C=O) groups is 2. The van der Waals surface area contributed by atoms with Gasteiger partial charge in [0.1, 0.15) is 17.2 Å². The van der Waals surface area contributed by atoms with E-state index in [1.54, 1.807) is 32.9 Å². The minimum absolute atomic E-state index is 0.230. The van der Waals surface area contributed by atoms with Crippen LogP contribution in [0.5, 0.6) is 0 Å². The molecule has 1 aliphatic rings. The Labute approximate surface area is 155 Å². The van der Waals surface area contributed by atoms with Crippen LogP contribution in [0, 0.1) is 0 Å². The van der Waals surface area contributed by atoms with Gasteiger partial charge in [-0.2, -0.15) is 0 Å². The molecule has 3 rings (SSSR count). The van der Waals surface area contributed by atoms with E-state index in [0.717, 1.165) is 11.8 Å². The van der Waals surface area contributed by atoms with Gasteiger partial charge in [0.2, 0.25) is 11.8 Å². The quantitative estimate of drug-likeness (QED) is 0.554. The number of carbonyl (C=O) groups excluding carboxylic acids is 2. The Morgan fingerprint density at radius 1 is 1.23 bits per heavy atom. The summed E-state index contributed by atoms with van der Waals surface area (Å²) in [5.74, 6) is 0.00319. The first-order valence-corrected chi connectivity index (χ1v) is 8.89. The first-order valence-electron chi connectivity index (χ1n) is 8.01. The second-order valence-corrected chi connectivity index (χ2v) is 7.77. The zero-order chi connectivity index (χ0) is 19.1. The van der Waals surface area contributed by atoms with E-state index < -0.39 is 10.8 Å². The van der Waals surface area contributed by atoms with E-state index in [1.807, 2.05) is 12.1 Å². The van der Waals surface area contributed by atoms with Crippen molar-refractivity contribution in [1.82, 2.24) is 9.97 Å². The first-order chi connectivity index (χ1) is 12.2. The molecule has 2 heterocycles. The number of fused-ring (bicyclic) bond motifs is 1. The zero-order valence-electron chi connectivity index (χ0n) is 14.7. The summed E-state index contributed by atoms with van der Waals surface area (Å²) in [6.07, 6.45) is 0. The lowest BCUT2D eigenvalue weighted by atomic mass is 9.96. The maximum atomic E-state index is 13.2. The van der Waals surface area contributed by atoms with Crippen molar-refractivity contribution in [2.24, 2.45) is 0 Å².